The number of rotatable bonds is 22. The van der Waals surface area contributed by atoms with Crippen LogP contribution in [-0.2, 0) is 61.5 Å². The van der Waals surface area contributed by atoms with Gasteiger partial charge < -0.3 is 34.7 Å². The molecular weight excluding hydrogens is 877 g/mol. The third-order valence-electron chi connectivity index (χ3n) is 11.2. The number of thiophene rings is 1. The number of hydrogen-bond acceptors (Lipinski definition) is 15. The number of H-pyrrole nitrogens is 1. The summed E-state index contributed by atoms with van der Waals surface area (Å²) < 4.78 is 71.8. The van der Waals surface area contributed by atoms with Crippen LogP contribution in [0.4, 0.5) is 0 Å². The standard InChI is InChI=1S/C42H58N6O12S3/c1-8-43-34-24-48(17-11-19-58-7)63(56,57)42-32(34)23-38(61-42)62(54,55)46-40(52)27(6)59-36(50)14-15-37(51)60-29-13-12-28-20-35(49)31(30(28)21-29)22-33-25(4)39(26(5)45-33)41(53)44-16-18-47(9-2)10-3/h12-13,21,23,27,31,34,43,45H,8-11,14-20,22,24H2,1-7H3,(H,44,53)(H,46,52)/t27-,31?,34-/m0/s1. The molecule has 0 saturated carbocycles. The Hall–Kier alpha value is -4.51. The number of fused-ring (bicyclic) bond motifs is 2. The number of carbonyl (C=O) groups excluding carboxylic acids is 5. The number of ether oxygens (including phenoxy) is 3. The summed E-state index contributed by atoms with van der Waals surface area (Å²) in [5, 5.41) is 6.18. The Labute approximate surface area is 372 Å². The Morgan fingerprint density at radius 1 is 1.05 bits per heavy atom. The van der Waals surface area contributed by atoms with Crippen molar-refractivity contribution in [2.75, 3.05) is 59.5 Å². The first kappa shape index (κ1) is 49.5. The zero-order valence-corrected chi connectivity index (χ0v) is 39.2. The highest BCUT2D eigenvalue weighted by Crippen LogP contribution is 2.40. The van der Waals surface area contributed by atoms with Gasteiger partial charge in [-0.05, 0) is 81.7 Å². The Morgan fingerprint density at radius 2 is 1.76 bits per heavy atom. The van der Waals surface area contributed by atoms with Crippen molar-refractivity contribution in [1.29, 1.82) is 0 Å². The number of sulfonamides is 2. The average molecular weight is 935 g/mol. The summed E-state index contributed by atoms with van der Waals surface area (Å²) >= 11 is 0.519. The lowest BCUT2D eigenvalue weighted by atomic mass is 9.93. The largest absolute Gasteiger partial charge is 0.452 e. The summed E-state index contributed by atoms with van der Waals surface area (Å²) in [4.78, 5) is 70.3. The SMILES string of the molecule is CCN[C@H]1CN(CCCOC)S(=O)(=O)c2sc(S(=O)(=O)NC(=O)[C@H](C)OC(=O)CCC(=O)Oc3ccc4c(c3)C(Cc3[nH]c(C)c(C(=O)NCCN(CC)CC)c3C)C(=O)C4)cc21. The van der Waals surface area contributed by atoms with Crippen molar-refractivity contribution in [2.45, 2.75) is 100 Å². The van der Waals surface area contributed by atoms with Crippen molar-refractivity contribution >= 4 is 60.9 Å². The number of amides is 2. The summed E-state index contributed by atoms with van der Waals surface area (Å²) in [7, 11) is -7.11. The smallest absolute Gasteiger partial charge is 0.311 e. The fourth-order valence-corrected chi connectivity index (χ4v) is 12.7. The number of likely N-dealkylation sites (N-methyl/N-ethyl adjacent to an activating group) is 2. The van der Waals surface area contributed by atoms with Gasteiger partial charge in [-0.3, -0.25) is 24.0 Å². The van der Waals surface area contributed by atoms with Crippen molar-refractivity contribution in [2.24, 2.45) is 0 Å². The minimum atomic E-state index is -4.58. The van der Waals surface area contributed by atoms with Gasteiger partial charge in [-0.25, -0.2) is 21.6 Å². The van der Waals surface area contributed by atoms with E-state index < -0.39 is 73.0 Å². The van der Waals surface area contributed by atoms with Crippen molar-refractivity contribution < 1.29 is 55.0 Å². The molecular formula is C42H58N6O12S3. The van der Waals surface area contributed by atoms with Crippen LogP contribution < -0.4 is 20.1 Å². The first-order valence-electron chi connectivity index (χ1n) is 21.0. The van der Waals surface area contributed by atoms with E-state index in [-0.39, 0.29) is 46.7 Å². The van der Waals surface area contributed by atoms with E-state index >= 15 is 0 Å². The Balaban J connectivity index is 1.14. The summed E-state index contributed by atoms with van der Waals surface area (Å²) in [6.07, 6.45) is -1.57. The minimum absolute atomic E-state index is 0.0137. The Morgan fingerprint density at radius 3 is 2.44 bits per heavy atom. The molecule has 0 spiro atoms. The van der Waals surface area contributed by atoms with E-state index in [0.717, 1.165) is 43.4 Å². The molecule has 3 aromatic rings. The highest BCUT2D eigenvalue weighted by molar-refractivity contribution is 7.94. The molecule has 2 aromatic heterocycles. The number of ketones is 1. The van der Waals surface area contributed by atoms with Crippen molar-refractivity contribution in [3.63, 3.8) is 0 Å². The molecule has 1 aliphatic heterocycles. The molecule has 0 fully saturated rings. The monoisotopic (exact) mass is 934 g/mol. The van der Waals surface area contributed by atoms with Gasteiger partial charge in [0.05, 0.1) is 18.4 Å². The van der Waals surface area contributed by atoms with E-state index in [9.17, 15) is 40.8 Å². The third kappa shape index (κ3) is 11.8. The van der Waals surface area contributed by atoms with E-state index in [1.807, 2.05) is 25.5 Å². The molecule has 1 unspecified atom stereocenters. The van der Waals surface area contributed by atoms with Gasteiger partial charge >= 0.3 is 11.9 Å². The van der Waals surface area contributed by atoms with Crippen molar-refractivity contribution in [3.05, 3.63) is 63.5 Å². The fourth-order valence-electron chi connectivity index (χ4n) is 7.79. The maximum atomic E-state index is 13.4. The van der Waals surface area contributed by atoms with Crippen LogP contribution in [0.15, 0.2) is 32.7 Å². The first-order valence-corrected chi connectivity index (χ1v) is 24.8. The maximum absolute atomic E-state index is 13.4. The summed E-state index contributed by atoms with van der Waals surface area (Å²) in [6.45, 7) is 14.9. The van der Waals surface area contributed by atoms with Crippen LogP contribution in [0.2, 0.25) is 0 Å². The molecule has 0 bridgehead atoms. The van der Waals surface area contributed by atoms with Gasteiger partial charge in [0.25, 0.3) is 31.9 Å². The Bertz CT molecular complexity index is 2410. The van der Waals surface area contributed by atoms with E-state index in [1.54, 1.807) is 18.2 Å². The van der Waals surface area contributed by atoms with Gasteiger partial charge in [0.1, 0.15) is 20.0 Å². The molecule has 63 heavy (non-hydrogen) atoms. The van der Waals surface area contributed by atoms with Gasteiger partial charge in [-0.2, -0.15) is 4.31 Å². The molecule has 2 aliphatic rings. The molecule has 18 nitrogen and oxygen atoms in total. The van der Waals surface area contributed by atoms with Crippen LogP contribution in [0.3, 0.4) is 0 Å². The summed E-state index contributed by atoms with van der Waals surface area (Å²) in [5.41, 5.74) is 4.53. The highest BCUT2D eigenvalue weighted by Gasteiger charge is 2.41. The molecule has 346 valence electrons. The van der Waals surface area contributed by atoms with Crippen LogP contribution in [0.1, 0.15) is 103 Å². The second-order valence-corrected chi connectivity index (χ2v) is 20.6. The molecule has 3 heterocycles. The van der Waals surface area contributed by atoms with Gasteiger partial charge in [0.2, 0.25) is 0 Å². The number of methoxy groups -OCH3 is 1. The maximum Gasteiger partial charge on any atom is 0.311 e. The lowest BCUT2D eigenvalue weighted by molar-refractivity contribution is -0.155. The second-order valence-electron chi connectivity index (χ2n) is 15.5. The van der Waals surface area contributed by atoms with Crippen LogP contribution in [-0.4, -0.2) is 126 Å². The van der Waals surface area contributed by atoms with Crippen LogP contribution >= 0.6 is 11.3 Å². The first-order chi connectivity index (χ1) is 29.8. The topological polar surface area (TPSA) is 240 Å². The van der Waals surface area contributed by atoms with Crippen molar-refractivity contribution in [3.8, 4) is 5.75 Å². The number of hydrogen-bond donors (Lipinski definition) is 4. The summed E-state index contributed by atoms with van der Waals surface area (Å²) in [5.74, 6) is -3.52. The normalized spacial score (nSPS) is 17.6. The molecule has 5 rings (SSSR count). The fraction of sp³-hybridized carbons (Fsp3) is 0.548. The number of benzene rings is 1. The zero-order chi connectivity index (χ0) is 46.2. The number of nitrogens with zero attached hydrogens (tertiary/aromatic N) is 2. The molecule has 21 heteroatoms. The van der Waals surface area contributed by atoms with Crippen molar-refractivity contribution in [1.82, 2.24) is 29.5 Å². The van der Waals surface area contributed by atoms with Gasteiger partial charge in [-0.15, -0.1) is 11.3 Å². The minimum Gasteiger partial charge on any atom is -0.452 e. The van der Waals surface area contributed by atoms with Gasteiger partial charge in [-0.1, -0.05) is 26.8 Å². The molecule has 2 amide bonds. The lowest BCUT2D eigenvalue weighted by Crippen LogP contribution is -2.43. The number of Topliss-reactive ketones (excluding diaryl/α,β-unsaturated/α-hetero) is 1. The van der Waals surface area contributed by atoms with E-state index in [1.165, 1.54) is 17.5 Å². The zero-order valence-electron chi connectivity index (χ0n) is 36.8. The number of esters is 2. The van der Waals surface area contributed by atoms with Crippen LogP contribution in [0, 0.1) is 13.8 Å². The predicted octanol–water partition coefficient (Wildman–Crippen LogP) is 3.03. The quantitative estimate of drug-likeness (QED) is 0.0644. The highest BCUT2D eigenvalue weighted by atomic mass is 32.3. The third-order valence-corrected chi connectivity index (χ3v) is 16.6. The predicted molar refractivity (Wildman–Crippen MR) is 234 cm³/mol. The van der Waals surface area contributed by atoms with Gasteiger partial charge in [0.15, 0.2) is 6.10 Å². The van der Waals surface area contributed by atoms with E-state index in [4.69, 9.17) is 14.2 Å². The average Bonchev–Trinajstić information content (AvgIpc) is 3.91. The molecule has 0 radical (unpaired) electrons. The number of aromatic amines is 1. The summed E-state index contributed by atoms with van der Waals surface area (Å²) in [6, 6.07) is 5.63. The lowest BCUT2D eigenvalue weighted by Gasteiger charge is -2.32. The molecule has 4 N–H and O–H groups in total. The number of aromatic nitrogens is 1. The van der Waals surface area contributed by atoms with Gasteiger partial charge in [0, 0.05) is 81.6 Å². The number of carbonyl (C=O) groups is 5. The molecule has 1 aliphatic carbocycles. The molecule has 1 aromatic carbocycles. The van der Waals surface area contributed by atoms with E-state index in [2.05, 4.69) is 34.4 Å². The molecule has 3 atom stereocenters. The number of aryl methyl sites for hydroxylation is 1. The number of nitrogens with one attached hydrogen (secondary N) is 4. The molecule has 0 saturated heterocycles. The van der Waals surface area contributed by atoms with E-state index in [0.29, 0.717) is 60.7 Å². The second kappa shape index (κ2) is 21.4. The Kier molecular flexibility index (Phi) is 16.9. The van der Waals surface area contributed by atoms with Crippen LogP contribution in [0.5, 0.6) is 5.75 Å². The van der Waals surface area contributed by atoms with Crippen LogP contribution in [0.25, 0.3) is 0 Å².